The molecule has 146 valence electrons. The predicted molar refractivity (Wildman–Crippen MR) is 107 cm³/mol. The van der Waals surface area contributed by atoms with E-state index < -0.39 is 11.7 Å². The lowest BCUT2D eigenvalue weighted by molar-refractivity contribution is 0.0636. The van der Waals surface area contributed by atoms with Crippen LogP contribution in [0.25, 0.3) is 5.65 Å². The lowest BCUT2D eigenvalue weighted by Gasteiger charge is -2.19. The molecule has 8 nitrogen and oxygen atoms in total. The van der Waals surface area contributed by atoms with Gasteiger partial charge < -0.3 is 19.8 Å². The van der Waals surface area contributed by atoms with Crippen molar-refractivity contribution in [2.45, 2.75) is 32.9 Å². The van der Waals surface area contributed by atoms with Crippen molar-refractivity contribution in [1.82, 2.24) is 14.7 Å². The number of fused-ring (bicyclic) bond motifs is 1. The third kappa shape index (κ3) is 5.47. The number of hydrogen-bond acceptors (Lipinski definition) is 4. The molecule has 0 atom stereocenters. The number of urea groups is 1. The van der Waals surface area contributed by atoms with E-state index in [2.05, 4.69) is 20.9 Å². The quantitative estimate of drug-likeness (QED) is 0.636. The number of carbonyl (C=O) groups is 2. The Balaban J connectivity index is 1.49. The number of rotatable bonds is 4. The predicted octanol–water partition coefficient (Wildman–Crippen LogP) is 4.00. The van der Waals surface area contributed by atoms with E-state index in [4.69, 9.17) is 4.74 Å². The van der Waals surface area contributed by atoms with Crippen molar-refractivity contribution in [2.24, 2.45) is 0 Å². The van der Waals surface area contributed by atoms with Crippen LogP contribution in [0, 0.1) is 0 Å². The second-order valence-corrected chi connectivity index (χ2v) is 7.24. The van der Waals surface area contributed by atoms with Crippen molar-refractivity contribution in [3.05, 3.63) is 60.6 Å². The average molecular weight is 381 g/mol. The summed E-state index contributed by atoms with van der Waals surface area (Å²) < 4.78 is 7.10. The first-order valence-corrected chi connectivity index (χ1v) is 8.85. The first-order valence-electron chi connectivity index (χ1n) is 8.85. The number of nitrogens with zero attached hydrogens (tertiary/aromatic N) is 2. The molecule has 0 aliphatic rings. The molecule has 1 aromatic carbocycles. The number of hydrogen-bond donors (Lipinski definition) is 3. The van der Waals surface area contributed by atoms with E-state index in [9.17, 15) is 9.59 Å². The molecule has 3 N–H and O–H groups in total. The Morgan fingerprint density at radius 3 is 2.39 bits per heavy atom. The van der Waals surface area contributed by atoms with Crippen LogP contribution in [-0.4, -0.2) is 27.1 Å². The fourth-order valence-electron chi connectivity index (χ4n) is 2.48. The molecule has 0 bridgehead atoms. The summed E-state index contributed by atoms with van der Waals surface area (Å²) in [4.78, 5) is 28.1. The summed E-state index contributed by atoms with van der Waals surface area (Å²) >= 11 is 0. The van der Waals surface area contributed by atoms with Crippen molar-refractivity contribution >= 4 is 29.1 Å². The maximum absolute atomic E-state index is 12.1. The third-order valence-corrected chi connectivity index (χ3v) is 3.70. The molecule has 8 heteroatoms. The Morgan fingerprint density at radius 2 is 1.71 bits per heavy atom. The number of imidazole rings is 1. The van der Waals surface area contributed by atoms with Crippen molar-refractivity contribution in [1.29, 1.82) is 0 Å². The van der Waals surface area contributed by atoms with Gasteiger partial charge in [-0.25, -0.2) is 14.6 Å². The van der Waals surface area contributed by atoms with Crippen LogP contribution >= 0.6 is 0 Å². The van der Waals surface area contributed by atoms with Gasteiger partial charge in [-0.3, -0.25) is 5.32 Å². The van der Waals surface area contributed by atoms with E-state index in [1.165, 1.54) is 0 Å². The Hall–Kier alpha value is -3.55. The van der Waals surface area contributed by atoms with Crippen LogP contribution in [0.5, 0.6) is 0 Å². The number of carbonyl (C=O) groups excluding carboxylic acids is 2. The number of benzene rings is 1. The minimum absolute atomic E-state index is 0.323. The van der Waals surface area contributed by atoms with Crippen LogP contribution in [0.15, 0.2) is 55.0 Å². The number of aromatic nitrogens is 2. The molecule has 0 radical (unpaired) electrons. The lowest BCUT2D eigenvalue weighted by atomic mass is 10.2. The normalized spacial score (nSPS) is 11.1. The van der Waals surface area contributed by atoms with Gasteiger partial charge in [0, 0.05) is 36.5 Å². The monoisotopic (exact) mass is 381 g/mol. The average Bonchev–Trinajstić information content (AvgIpc) is 3.08. The van der Waals surface area contributed by atoms with Crippen molar-refractivity contribution in [3.8, 4) is 0 Å². The number of pyridine rings is 1. The zero-order chi connectivity index (χ0) is 20.1. The van der Waals surface area contributed by atoms with Gasteiger partial charge in [-0.05, 0) is 62.7 Å². The molecular formula is C20H23N5O3. The summed E-state index contributed by atoms with van der Waals surface area (Å²) in [7, 11) is 0. The van der Waals surface area contributed by atoms with Gasteiger partial charge >= 0.3 is 12.1 Å². The highest BCUT2D eigenvalue weighted by molar-refractivity contribution is 5.90. The third-order valence-electron chi connectivity index (χ3n) is 3.70. The second kappa shape index (κ2) is 7.99. The summed E-state index contributed by atoms with van der Waals surface area (Å²) in [6.07, 6.45) is 4.95. The van der Waals surface area contributed by atoms with Crippen LogP contribution < -0.4 is 16.0 Å². The number of ether oxygens (including phenoxy) is 1. The van der Waals surface area contributed by atoms with Gasteiger partial charge in [-0.2, -0.15) is 0 Å². The minimum Gasteiger partial charge on any atom is -0.444 e. The largest absolute Gasteiger partial charge is 0.444 e. The van der Waals surface area contributed by atoms with Gasteiger partial charge in [0.1, 0.15) is 11.2 Å². The van der Waals surface area contributed by atoms with Crippen LogP contribution in [0.1, 0.15) is 26.3 Å². The fraction of sp³-hybridized carbons (Fsp3) is 0.250. The van der Waals surface area contributed by atoms with E-state index in [0.29, 0.717) is 17.9 Å². The highest BCUT2D eigenvalue weighted by Gasteiger charge is 2.16. The van der Waals surface area contributed by atoms with Gasteiger partial charge in [-0.1, -0.05) is 0 Å². The Morgan fingerprint density at radius 1 is 1.04 bits per heavy atom. The van der Waals surface area contributed by atoms with Gasteiger partial charge in [0.25, 0.3) is 0 Å². The smallest absolute Gasteiger partial charge is 0.412 e. The molecule has 0 aliphatic heterocycles. The summed E-state index contributed by atoms with van der Waals surface area (Å²) in [6.45, 7) is 5.77. The number of anilines is 2. The fourth-order valence-corrected chi connectivity index (χ4v) is 2.48. The van der Waals surface area contributed by atoms with Gasteiger partial charge in [0.05, 0.1) is 0 Å². The van der Waals surface area contributed by atoms with Crippen LogP contribution in [0.4, 0.5) is 21.0 Å². The first kappa shape index (κ1) is 19.2. The van der Waals surface area contributed by atoms with Crippen LogP contribution in [0.3, 0.4) is 0 Å². The molecule has 3 rings (SSSR count). The topological polar surface area (TPSA) is 96.8 Å². The molecule has 0 spiro atoms. The van der Waals surface area contributed by atoms with Crippen molar-refractivity contribution in [2.75, 3.05) is 10.6 Å². The van der Waals surface area contributed by atoms with Crippen molar-refractivity contribution < 1.29 is 14.3 Å². The maximum atomic E-state index is 12.1. The molecule has 28 heavy (non-hydrogen) atoms. The van der Waals surface area contributed by atoms with Gasteiger partial charge in [0.2, 0.25) is 0 Å². The standard InChI is InChI=1S/C20H23N5O3/c1-20(2,3)28-19(27)24-16-6-4-15(5-7-16)23-18(26)22-13-14-8-10-25-11-9-21-17(25)12-14/h4-12H,13H2,1-3H3,(H,24,27)(H2,22,23,26). The molecule has 0 saturated heterocycles. The van der Waals surface area contributed by atoms with Gasteiger partial charge in [0.15, 0.2) is 0 Å². The summed E-state index contributed by atoms with van der Waals surface area (Å²) in [5.74, 6) is 0. The van der Waals surface area contributed by atoms with Crippen molar-refractivity contribution in [3.63, 3.8) is 0 Å². The molecule has 0 aliphatic carbocycles. The number of nitrogens with one attached hydrogen (secondary N) is 3. The highest BCUT2D eigenvalue weighted by Crippen LogP contribution is 2.15. The van der Waals surface area contributed by atoms with Crippen LogP contribution in [0.2, 0.25) is 0 Å². The summed E-state index contributed by atoms with van der Waals surface area (Å²) in [5.41, 5.74) is 2.40. The Kier molecular flexibility index (Phi) is 5.49. The molecule has 3 aromatic rings. The van der Waals surface area contributed by atoms with E-state index in [1.54, 1.807) is 51.2 Å². The maximum Gasteiger partial charge on any atom is 0.412 e. The molecule has 0 unspecified atom stereocenters. The van der Waals surface area contributed by atoms with E-state index in [1.807, 2.05) is 28.9 Å². The summed E-state index contributed by atoms with van der Waals surface area (Å²) in [6, 6.07) is 10.3. The Bertz CT molecular complexity index is 973. The summed E-state index contributed by atoms with van der Waals surface area (Å²) in [5, 5.41) is 8.19. The molecule has 2 heterocycles. The van der Waals surface area contributed by atoms with Crippen LogP contribution in [-0.2, 0) is 11.3 Å². The second-order valence-electron chi connectivity index (χ2n) is 7.24. The molecule has 0 fully saturated rings. The van der Waals surface area contributed by atoms with E-state index in [0.717, 1.165) is 11.2 Å². The SMILES string of the molecule is CC(C)(C)OC(=O)Nc1ccc(NC(=O)NCc2ccn3ccnc3c2)cc1. The Labute approximate surface area is 162 Å². The zero-order valence-corrected chi connectivity index (χ0v) is 16.0. The molecule has 3 amide bonds. The molecule has 0 saturated carbocycles. The first-order chi connectivity index (χ1) is 13.3. The van der Waals surface area contributed by atoms with E-state index >= 15 is 0 Å². The highest BCUT2D eigenvalue weighted by atomic mass is 16.6. The number of amides is 3. The minimum atomic E-state index is -0.564. The van der Waals surface area contributed by atoms with E-state index in [-0.39, 0.29) is 6.03 Å². The molecule has 2 aromatic heterocycles. The lowest BCUT2D eigenvalue weighted by Crippen LogP contribution is -2.28. The van der Waals surface area contributed by atoms with Gasteiger partial charge in [-0.15, -0.1) is 0 Å². The zero-order valence-electron chi connectivity index (χ0n) is 16.0. The molecular weight excluding hydrogens is 358 g/mol.